The second-order valence-electron chi connectivity index (χ2n) is 5.62. The van der Waals surface area contributed by atoms with Gasteiger partial charge in [-0.15, -0.1) is 0 Å². The summed E-state index contributed by atoms with van der Waals surface area (Å²) in [6.45, 7) is 8.26. The summed E-state index contributed by atoms with van der Waals surface area (Å²) < 4.78 is 5.88. The minimum atomic E-state index is -0.537. The minimum absolute atomic E-state index is 0.0312. The van der Waals surface area contributed by atoms with Crippen LogP contribution in [0.2, 0.25) is 0 Å². The number of allylic oxidation sites excluding steroid dienone is 1. The third kappa shape index (κ3) is 1.17. The van der Waals surface area contributed by atoms with Gasteiger partial charge in [0.2, 0.25) is 0 Å². The molecule has 0 bridgehead atoms. The van der Waals surface area contributed by atoms with Gasteiger partial charge < -0.3 is 4.74 Å². The number of hydrogen-bond donors (Lipinski definition) is 0. The zero-order chi connectivity index (χ0) is 11.3. The molecule has 1 saturated carbocycles. The Labute approximate surface area is 91.7 Å². The van der Waals surface area contributed by atoms with Crippen molar-refractivity contribution < 1.29 is 9.53 Å². The maximum Gasteiger partial charge on any atom is 0.190 e. The predicted molar refractivity (Wildman–Crippen MR) is 59.7 cm³/mol. The Morgan fingerprint density at radius 1 is 1.27 bits per heavy atom. The van der Waals surface area contributed by atoms with Gasteiger partial charge in [0, 0.05) is 5.41 Å². The van der Waals surface area contributed by atoms with E-state index in [1.807, 2.05) is 13.0 Å². The molecule has 0 aromatic carbocycles. The van der Waals surface area contributed by atoms with Crippen molar-refractivity contribution >= 4 is 5.78 Å². The van der Waals surface area contributed by atoms with Crippen LogP contribution in [0.15, 0.2) is 12.2 Å². The van der Waals surface area contributed by atoms with Crippen LogP contribution in [0, 0.1) is 5.41 Å². The Morgan fingerprint density at radius 2 is 1.93 bits per heavy atom. The predicted octanol–water partition coefficient (Wildman–Crippen LogP) is 2.87. The van der Waals surface area contributed by atoms with Crippen LogP contribution in [0.5, 0.6) is 0 Å². The maximum absolute atomic E-state index is 12.2. The fourth-order valence-corrected chi connectivity index (χ4v) is 3.35. The van der Waals surface area contributed by atoms with Crippen LogP contribution in [-0.4, -0.2) is 17.0 Å². The molecular formula is C13H20O2. The van der Waals surface area contributed by atoms with E-state index in [9.17, 15) is 4.79 Å². The van der Waals surface area contributed by atoms with Gasteiger partial charge in [-0.1, -0.05) is 19.9 Å². The summed E-state index contributed by atoms with van der Waals surface area (Å²) >= 11 is 0. The summed E-state index contributed by atoms with van der Waals surface area (Å²) in [6, 6.07) is 0. The summed E-state index contributed by atoms with van der Waals surface area (Å²) in [5.41, 5.74) is -0.771. The number of hydrogen-bond acceptors (Lipinski definition) is 2. The molecule has 1 heterocycles. The molecule has 1 aliphatic carbocycles. The molecule has 2 rings (SSSR count). The monoisotopic (exact) mass is 208 g/mol. The van der Waals surface area contributed by atoms with Crippen molar-refractivity contribution in [3.63, 3.8) is 0 Å². The van der Waals surface area contributed by atoms with Crippen LogP contribution >= 0.6 is 0 Å². The Kier molecular flexibility index (Phi) is 2.13. The van der Waals surface area contributed by atoms with Crippen LogP contribution in [0.4, 0.5) is 0 Å². The van der Waals surface area contributed by atoms with E-state index in [4.69, 9.17) is 4.74 Å². The van der Waals surface area contributed by atoms with Crippen molar-refractivity contribution in [1.29, 1.82) is 0 Å². The van der Waals surface area contributed by atoms with Gasteiger partial charge in [0.05, 0.1) is 0 Å². The molecule has 15 heavy (non-hydrogen) atoms. The first-order chi connectivity index (χ1) is 6.90. The molecule has 0 aromatic rings. The summed E-state index contributed by atoms with van der Waals surface area (Å²) in [4.78, 5) is 12.2. The Morgan fingerprint density at radius 3 is 2.47 bits per heavy atom. The normalized spacial score (nSPS) is 42.7. The van der Waals surface area contributed by atoms with Gasteiger partial charge in [-0.2, -0.15) is 0 Å². The van der Waals surface area contributed by atoms with Crippen molar-refractivity contribution in [1.82, 2.24) is 0 Å². The van der Waals surface area contributed by atoms with E-state index < -0.39 is 5.60 Å². The first-order valence-corrected chi connectivity index (χ1v) is 5.77. The molecule has 2 heteroatoms. The molecule has 0 amide bonds. The number of ether oxygens (including phenoxy) is 1. The topological polar surface area (TPSA) is 29.6 Å². The molecule has 2 nitrogen and oxygen atoms in total. The zero-order valence-corrected chi connectivity index (χ0v) is 10.1. The molecule has 1 saturated heterocycles. The highest BCUT2D eigenvalue weighted by atomic mass is 16.6. The minimum Gasteiger partial charge on any atom is -0.354 e. The molecular weight excluding hydrogens is 188 g/mol. The van der Waals surface area contributed by atoms with Crippen LogP contribution in [0.3, 0.4) is 0 Å². The first-order valence-electron chi connectivity index (χ1n) is 5.77. The number of fused-ring (bicyclic) bond motifs is 1. The smallest absolute Gasteiger partial charge is 0.190 e. The summed E-state index contributed by atoms with van der Waals surface area (Å²) in [6.07, 6.45) is 6.72. The van der Waals surface area contributed by atoms with Gasteiger partial charge in [-0.3, -0.25) is 4.79 Å². The number of carbonyl (C=O) groups is 1. The summed E-state index contributed by atoms with van der Waals surface area (Å²) in [5.74, 6) is 0.150. The number of epoxide rings is 1. The molecule has 0 spiro atoms. The van der Waals surface area contributed by atoms with E-state index in [0.29, 0.717) is 0 Å². The SMILES string of the molecule is C/C=C/C(=O)[C@]12O[C@]1(C)CCCC2(C)C. The number of ketones is 1. The Balaban J connectivity index is 2.37. The van der Waals surface area contributed by atoms with E-state index >= 15 is 0 Å². The second-order valence-corrected chi connectivity index (χ2v) is 5.62. The van der Waals surface area contributed by atoms with Crippen LogP contribution in [0.1, 0.15) is 47.0 Å². The van der Waals surface area contributed by atoms with Gasteiger partial charge in [-0.05, 0) is 39.2 Å². The summed E-state index contributed by atoms with van der Waals surface area (Å²) in [7, 11) is 0. The first kappa shape index (κ1) is 10.9. The molecule has 0 N–H and O–H groups in total. The van der Waals surface area contributed by atoms with Gasteiger partial charge in [-0.25, -0.2) is 0 Å². The van der Waals surface area contributed by atoms with Gasteiger partial charge in [0.15, 0.2) is 11.4 Å². The van der Waals surface area contributed by atoms with E-state index in [0.717, 1.165) is 19.3 Å². The maximum atomic E-state index is 12.2. The molecule has 1 aliphatic heterocycles. The lowest BCUT2D eigenvalue weighted by Gasteiger charge is -2.36. The number of rotatable bonds is 2. The van der Waals surface area contributed by atoms with Crippen molar-refractivity contribution in [2.75, 3.05) is 0 Å². The van der Waals surface area contributed by atoms with Crippen molar-refractivity contribution in [2.24, 2.45) is 5.41 Å². The molecule has 2 aliphatic rings. The third-order valence-corrected chi connectivity index (χ3v) is 4.16. The van der Waals surface area contributed by atoms with Crippen molar-refractivity contribution in [2.45, 2.75) is 58.2 Å². The number of carbonyl (C=O) groups excluding carboxylic acids is 1. The molecule has 84 valence electrons. The van der Waals surface area contributed by atoms with Crippen molar-refractivity contribution in [3.05, 3.63) is 12.2 Å². The fraction of sp³-hybridized carbons (Fsp3) is 0.769. The van der Waals surface area contributed by atoms with E-state index in [2.05, 4.69) is 20.8 Å². The molecule has 2 fully saturated rings. The van der Waals surface area contributed by atoms with Gasteiger partial charge >= 0.3 is 0 Å². The van der Waals surface area contributed by atoms with Crippen molar-refractivity contribution in [3.8, 4) is 0 Å². The molecule has 2 atom stereocenters. The zero-order valence-electron chi connectivity index (χ0n) is 10.1. The Bertz CT molecular complexity index is 329. The highest BCUT2D eigenvalue weighted by molar-refractivity contribution is 6.01. The van der Waals surface area contributed by atoms with E-state index in [1.165, 1.54) is 0 Å². The summed E-state index contributed by atoms with van der Waals surface area (Å²) in [5, 5.41) is 0. The molecule has 0 radical (unpaired) electrons. The lowest BCUT2D eigenvalue weighted by Crippen LogP contribution is -2.47. The second kappa shape index (κ2) is 2.94. The largest absolute Gasteiger partial charge is 0.354 e. The van der Waals surface area contributed by atoms with Crippen LogP contribution in [-0.2, 0) is 9.53 Å². The molecule has 0 unspecified atom stereocenters. The average molecular weight is 208 g/mol. The quantitative estimate of drug-likeness (QED) is 0.516. The van der Waals surface area contributed by atoms with E-state index in [-0.39, 0.29) is 16.8 Å². The third-order valence-electron chi connectivity index (χ3n) is 4.16. The van der Waals surface area contributed by atoms with Crippen LogP contribution < -0.4 is 0 Å². The fourth-order valence-electron chi connectivity index (χ4n) is 3.35. The Hall–Kier alpha value is -0.630. The lowest BCUT2D eigenvalue weighted by molar-refractivity contribution is -0.124. The standard InChI is InChI=1S/C13H20O2/c1-5-7-10(14)13-11(2,3)8-6-9-12(13,4)15-13/h5,7H,6,8-9H2,1-4H3/b7-5+/t12-,13-/m1/s1. The van der Waals surface area contributed by atoms with E-state index in [1.54, 1.807) is 6.08 Å². The molecule has 0 aromatic heterocycles. The highest BCUT2D eigenvalue weighted by Gasteiger charge is 2.77. The van der Waals surface area contributed by atoms with Gasteiger partial charge in [0.1, 0.15) is 5.60 Å². The van der Waals surface area contributed by atoms with Crippen LogP contribution in [0.25, 0.3) is 0 Å². The average Bonchev–Trinajstić information content (AvgIpc) is 2.75. The van der Waals surface area contributed by atoms with Gasteiger partial charge in [0.25, 0.3) is 0 Å². The highest BCUT2D eigenvalue weighted by Crippen LogP contribution is 2.65. The lowest BCUT2D eigenvalue weighted by atomic mass is 9.62.